The normalized spacial score (nSPS) is 10.9. The molecule has 0 saturated heterocycles. The van der Waals surface area contributed by atoms with E-state index in [0.29, 0.717) is 24.5 Å². The lowest BCUT2D eigenvalue weighted by Crippen LogP contribution is -2.42. The van der Waals surface area contributed by atoms with Gasteiger partial charge in [0.1, 0.15) is 30.2 Å². The molecule has 0 bridgehead atoms. The number of para-hydroxylation sites is 1. The van der Waals surface area contributed by atoms with E-state index in [2.05, 4.69) is 81.1 Å². The van der Waals surface area contributed by atoms with Crippen molar-refractivity contribution in [1.82, 2.24) is 59.0 Å². The standard InChI is InChI=1S/C26H22N2O5.C12H9BrN2O5.C11H13IN4O3Si.C10H17IN2O3Si.C9H11N3O6/c1-32-26(31)33-24-22(17-19-11-5-2-6-12-19)23(29)28(21-15-9-4-10-16-21)25(30)27(24)18-20-13-7-3-8-14-20;13-8-9(16)14-11(17)15-10(8)20-12(18)19-6-7-4-2-1-3-5-7;1-20(2,3)19-10-8(9(17)15-11(18)16-10)6-4-7(12)14-5-13-6;1-4-17(5-2,6-3)16-9-7(11)8(14)12-10(15)13-9;1-9(2,3)7(14)18-6-4(12(16)17)5(13)10-8(15)11-6/h2-16H,17-18H2,1H3;1-5H,6H2,(H2,14,15,16,17);4-5H,1-3H3,(H2,15,16,17,18);4-6H2,1-3H3,(H2,12,13,14,15);1-3H3,(H2,10,11,13,15). The summed E-state index contributed by atoms with van der Waals surface area (Å²) in [6, 6.07) is 40.8. The van der Waals surface area contributed by atoms with E-state index >= 15 is 0 Å². The molecule has 0 aliphatic carbocycles. The van der Waals surface area contributed by atoms with Gasteiger partial charge in [-0.1, -0.05) is 130 Å². The fourth-order valence-electron chi connectivity index (χ4n) is 9.13. The van der Waals surface area contributed by atoms with Crippen LogP contribution in [0.5, 0.6) is 29.4 Å². The highest BCUT2D eigenvalue weighted by atomic mass is 127. The van der Waals surface area contributed by atoms with E-state index in [-0.39, 0.29) is 52.8 Å². The number of ether oxygens (including phenoxy) is 5. The zero-order valence-electron chi connectivity index (χ0n) is 59.3. The summed E-state index contributed by atoms with van der Waals surface area (Å²) in [5, 5.41) is 10.7. The second-order valence-electron chi connectivity index (χ2n) is 24.4. The summed E-state index contributed by atoms with van der Waals surface area (Å²) in [6.45, 7) is 16.8. The molecule has 0 unspecified atom stereocenters. The molecule has 570 valence electrons. The Morgan fingerprint density at radius 3 is 1.59 bits per heavy atom. The van der Waals surface area contributed by atoms with Crippen molar-refractivity contribution in [3.63, 3.8) is 0 Å². The van der Waals surface area contributed by atoms with Gasteiger partial charge in [0.15, 0.2) is 5.88 Å². The van der Waals surface area contributed by atoms with Crippen molar-refractivity contribution in [2.75, 3.05) is 7.11 Å². The van der Waals surface area contributed by atoms with Gasteiger partial charge < -0.3 is 32.5 Å². The van der Waals surface area contributed by atoms with Crippen molar-refractivity contribution in [3.8, 4) is 46.3 Å². The van der Waals surface area contributed by atoms with Crippen LogP contribution in [0.25, 0.3) is 16.9 Å². The second-order valence-corrected chi connectivity index (χ2v) is 36.5. The minimum atomic E-state index is -1.99. The van der Waals surface area contributed by atoms with Crippen molar-refractivity contribution in [2.45, 2.75) is 98.9 Å². The van der Waals surface area contributed by atoms with Crippen LogP contribution in [-0.2, 0) is 33.8 Å². The molecule has 0 atom stereocenters. The number of carbonyl (C=O) groups excluding carboxylic acids is 3. The molecule has 108 heavy (non-hydrogen) atoms. The number of methoxy groups -OCH3 is 1. The largest absolute Gasteiger partial charge is 0.532 e. The molecule has 0 aliphatic rings. The molecule has 0 spiro atoms. The number of H-pyrrole nitrogens is 8. The van der Waals surface area contributed by atoms with Gasteiger partial charge in [-0.3, -0.25) is 83.3 Å². The molecule has 0 radical (unpaired) electrons. The first-order valence-corrected chi connectivity index (χ1v) is 41.1. The zero-order valence-corrected chi connectivity index (χ0v) is 67.2. The first-order valence-electron chi connectivity index (χ1n) is 32.2. The summed E-state index contributed by atoms with van der Waals surface area (Å²) in [5.74, 6) is -1.53. The average molecular weight is 1810 g/mol. The van der Waals surface area contributed by atoms with Gasteiger partial charge >= 0.3 is 58.0 Å². The topological polar surface area (TPSA) is 492 Å². The van der Waals surface area contributed by atoms with Crippen LogP contribution < -0.4 is 79.3 Å². The van der Waals surface area contributed by atoms with Gasteiger partial charge in [-0.15, -0.1) is 0 Å². The highest BCUT2D eigenvalue weighted by molar-refractivity contribution is 14.1. The quantitative estimate of drug-likeness (QED) is 0.00937. The molecular formula is C68H72BrI2N13O22Si2. The Hall–Kier alpha value is -11.3. The molecule has 4 aromatic carbocycles. The maximum atomic E-state index is 13.6. The van der Waals surface area contributed by atoms with Crippen molar-refractivity contribution < 1.29 is 51.8 Å². The lowest BCUT2D eigenvalue weighted by molar-refractivity contribution is -0.387. The Balaban J connectivity index is 0.000000217. The van der Waals surface area contributed by atoms with Crippen LogP contribution in [0.4, 0.5) is 15.3 Å². The first-order chi connectivity index (χ1) is 51.0. The Morgan fingerprint density at radius 2 is 1.07 bits per heavy atom. The van der Waals surface area contributed by atoms with Gasteiger partial charge in [0.2, 0.25) is 26.0 Å². The number of hydrogen-bond donors (Lipinski definition) is 8. The predicted octanol–water partition coefficient (Wildman–Crippen LogP) is 8.64. The number of benzene rings is 4. The number of halogens is 3. The molecule has 8 N–H and O–H groups in total. The Morgan fingerprint density at radius 1 is 0.583 bits per heavy atom. The first kappa shape index (κ1) is 85.7. The van der Waals surface area contributed by atoms with Gasteiger partial charge in [-0.05, 0) is 155 Å². The fraction of sp³-hybridized carbons (Fsp3) is 0.250. The number of hydrogen-bond acceptors (Lipinski definition) is 24. The van der Waals surface area contributed by atoms with Crippen molar-refractivity contribution in [3.05, 3.63) is 282 Å². The number of carbonyl (C=O) groups is 3. The third kappa shape index (κ3) is 24.9. The zero-order chi connectivity index (χ0) is 79.8. The number of nitrogens with one attached hydrogen (secondary N) is 8. The van der Waals surface area contributed by atoms with E-state index < -0.39 is 113 Å². The van der Waals surface area contributed by atoms with E-state index in [9.17, 15) is 72.4 Å². The van der Waals surface area contributed by atoms with E-state index in [1.165, 1.54) is 38.8 Å². The number of nitrogens with zero attached hydrogens (tertiary/aromatic N) is 5. The summed E-state index contributed by atoms with van der Waals surface area (Å²) in [7, 11) is -2.68. The Kier molecular flexibility index (Phi) is 31.2. The summed E-state index contributed by atoms with van der Waals surface area (Å²) in [5.41, 5.74) is -5.27. The highest BCUT2D eigenvalue weighted by Gasteiger charge is 2.33. The average Bonchev–Trinajstić information content (AvgIpc) is 0.757. The predicted molar refractivity (Wildman–Crippen MR) is 420 cm³/mol. The lowest BCUT2D eigenvalue weighted by atomic mass is 9.97. The number of aromatic nitrogens is 12. The molecule has 0 aliphatic heterocycles. The minimum Gasteiger partial charge on any atom is -0.532 e. The van der Waals surface area contributed by atoms with Crippen LogP contribution >= 0.6 is 61.1 Å². The molecule has 10 rings (SSSR count). The summed E-state index contributed by atoms with van der Waals surface area (Å²) in [6.07, 6.45) is -0.522. The molecule has 6 heterocycles. The van der Waals surface area contributed by atoms with E-state index in [1.807, 2.05) is 142 Å². The molecule has 10 aromatic rings. The van der Waals surface area contributed by atoms with Gasteiger partial charge in [0.05, 0.1) is 40.9 Å². The summed E-state index contributed by atoms with van der Waals surface area (Å²) >= 11 is 6.81. The van der Waals surface area contributed by atoms with Gasteiger partial charge in [0.25, 0.3) is 36.4 Å². The van der Waals surface area contributed by atoms with Gasteiger partial charge in [-0.2, -0.15) is 0 Å². The van der Waals surface area contributed by atoms with Crippen LogP contribution in [0.15, 0.2) is 186 Å². The van der Waals surface area contributed by atoms with E-state index in [1.54, 1.807) is 65.6 Å². The molecule has 0 saturated carbocycles. The monoisotopic (exact) mass is 1810 g/mol. The summed E-state index contributed by atoms with van der Waals surface area (Å²) in [4.78, 5) is 188. The molecule has 35 nitrogen and oxygen atoms in total. The maximum absolute atomic E-state index is 13.6. The van der Waals surface area contributed by atoms with Crippen LogP contribution in [0.1, 0.15) is 63.8 Å². The number of rotatable bonds is 19. The molecule has 0 amide bonds. The minimum absolute atomic E-state index is 0.0186. The molecule has 40 heteroatoms. The van der Waals surface area contributed by atoms with Crippen LogP contribution in [-0.4, -0.2) is 106 Å². The van der Waals surface area contributed by atoms with Crippen LogP contribution in [0.3, 0.4) is 0 Å². The van der Waals surface area contributed by atoms with Crippen molar-refractivity contribution in [2.24, 2.45) is 5.41 Å². The summed E-state index contributed by atoms with van der Waals surface area (Å²) < 4.78 is 39.5. The van der Waals surface area contributed by atoms with Gasteiger partial charge in [0, 0.05) is 6.42 Å². The molecule has 0 fully saturated rings. The second kappa shape index (κ2) is 39.4. The number of esters is 1. The highest BCUT2D eigenvalue weighted by Crippen LogP contribution is 2.28. The van der Waals surface area contributed by atoms with Crippen molar-refractivity contribution >= 4 is 102 Å². The van der Waals surface area contributed by atoms with E-state index in [0.717, 1.165) is 39.4 Å². The van der Waals surface area contributed by atoms with Crippen molar-refractivity contribution in [1.29, 1.82) is 0 Å². The smallest absolute Gasteiger partial charge is 0.515 e. The SMILES string of the molecule is CC(C)(C)C(=O)Oc1[nH]c(=O)[nH]c(=O)c1[N+](=O)[O-].CC[Si](CC)(CC)Oc1[nH]c(=O)[nH]c(=O)c1I.COC(=O)Oc1c(Cc2ccccc2)c(=O)n(-c2ccccc2)c(=O)n1Cc1ccccc1.C[Si](C)(C)Oc1[nH]c(=O)[nH]c(=O)c1-c1cc(I)ncn1.O=C(OCc1ccccc1)Oc1[nH]c(=O)[nH]c(=O)c1Br. The number of nitro groups is 1. The van der Waals surface area contributed by atoms with Gasteiger partial charge in [-0.25, -0.2) is 48.1 Å². The Labute approximate surface area is 647 Å². The third-order valence-corrected chi connectivity index (χ3v) is 22.2. The number of aromatic amines is 8. The Bertz CT molecular complexity index is 5380. The lowest BCUT2D eigenvalue weighted by Gasteiger charge is -2.28. The van der Waals surface area contributed by atoms with E-state index in [4.69, 9.17) is 23.1 Å². The third-order valence-electron chi connectivity index (χ3n) is 14.6. The van der Waals surface area contributed by atoms with Crippen LogP contribution in [0, 0.1) is 22.8 Å². The molecular weight excluding hydrogens is 1740 g/mol. The maximum Gasteiger partial charge on any atom is 0.515 e. The van der Waals surface area contributed by atoms with Crippen LogP contribution in [0.2, 0.25) is 37.8 Å². The fourth-order valence-corrected chi connectivity index (χ4v) is 13.7. The molecule has 6 aromatic heterocycles.